The number of nitrogens with zero attached hydrogens (tertiary/aromatic N) is 3. The van der Waals surface area contributed by atoms with E-state index in [-0.39, 0.29) is 30.4 Å². The van der Waals surface area contributed by atoms with Crippen molar-refractivity contribution in [3.8, 4) is 5.69 Å². The minimum Gasteiger partial charge on any atom is -0.396 e. The maximum absolute atomic E-state index is 13.4. The predicted molar refractivity (Wildman–Crippen MR) is 93.3 cm³/mol. The fourth-order valence-corrected chi connectivity index (χ4v) is 3.20. The minimum atomic E-state index is -0.338. The Morgan fingerprint density at radius 2 is 2.20 bits per heavy atom. The van der Waals surface area contributed by atoms with Gasteiger partial charge in [0.2, 0.25) is 0 Å². The number of anilines is 1. The van der Waals surface area contributed by atoms with Crippen LogP contribution < -0.4 is 5.32 Å². The summed E-state index contributed by atoms with van der Waals surface area (Å²) in [5.74, 6) is 0.203. The largest absolute Gasteiger partial charge is 0.396 e. The van der Waals surface area contributed by atoms with Gasteiger partial charge in [0.25, 0.3) is 0 Å². The van der Waals surface area contributed by atoms with Gasteiger partial charge in [0.1, 0.15) is 5.82 Å². The molecule has 1 aliphatic rings. The third kappa shape index (κ3) is 3.82. The van der Waals surface area contributed by atoms with E-state index in [0.717, 1.165) is 18.5 Å². The van der Waals surface area contributed by atoms with E-state index in [1.165, 1.54) is 12.1 Å². The summed E-state index contributed by atoms with van der Waals surface area (Å²) in [6.07, 6.45) is 1.80. The van der Waals surface area contributed by atoms with Gasteiger partial charge in [-0.25, -0.2) is 13.9 Å². The van der Waals surface area contributed by atoms with Crippen molar-refractivity contribution in [2.45, 2.75) is 32.7 Å². The number of carbonyl (C=O) groups excluding carboxylic acids is 1. The molecular formula is C18H23FN4O2. The highest BCUT2D eigenvalue weighted by molar-refractivity contribution is 5.88. The Bertz CT molecular complexity index is 761. The van der Waals surface area contributed by atoms with Crippen LogP contribution in [0, 0.1) is 18.7 Å². The molecule has 0 saturated carbocycles. The van der Waals surface area contributed by atoms with Gasteiger partial charge in [0.05, 0.1) is 5.69 Å². The number of aryl methyl sites for hydroxylation is 1. The fraction of sp³-hybridized carbons (Fsp3) is 0.444. The molecule has 2 amide bonds. The molecule has 25 heavy (non-hydrogen) atoms. The number of urea groups is 1. The molecule has 1 fully saturated rings. The number of likely N-dealkylation sites (tertiary alicyclic amines) is 1. The van der Waals surface area contributed by atoms with E-state index in [1.807, 2.05) is 13.8 Å². The third-order valence-electron chi connectivity index (χ3n) is 4.67. The summed E-state index contributed by atoms with van der Waals surface area (Å²) in [5, 5.41) is 16.5. The lowest BCUT2D eigenvalue weighted by Crippen LogP contribution is -2.48. The normalized spacial score (nSPS) is 20.6. The van der Waals surface area contributed by atoms with Crippen LogP contribution in [0.25, 0.3) is 5.69 Å². The molecule has 1 saturated heterocycles. The van der Waals surface area contributed by atoms with Crippen LogP contribution in [0.2, 0.25) is 0 Å². The number of hydrogen-bond donors (Lipinski definition) is 2. The molecule has 1 aromatic carbocycles. The Morgan fingerprint density at radius 1 is 1.40 bits per heavy atom. The topological polar surface area (TPSA) is 70.4 Å². The van der Waals surface area contributed by atoms with E-state index >= 15 is 0 Å². The number of aliphatic hydroxyl groups excluding tert-OH is 1. The van der Waals surface area contributed by atoms with E-state index in [9.17, 15) is 14.3 Å². The summed E-state index contributed by atoms with van der Waals surface area (Å²) in [6, 6.07) is 7.79. The van der Waals surface area contributed by atoms with Gasteiger partial charge in [-0.2, -0.15) is 0 Å². The van der Waals surface area contributed by atoms with E-state index in [1.54, 1.807) is 27.8 Å². The number of hydrogen-bond acceptors (Lipinski definition) is 3. The second kappa shape index (κ2) is 7.23. The summed E-state index contributed by atoms with van der Waals surface area (Å²) in [5.41, 5.74) is 1.39. The van der Waals surface area contributed by atoms with Gasteiger partial charge >= 0.3 is 6.03 Å². The highest BCUT2D eigenvalue weighted by Crippen LogP contribution is 2.23. The first kappa shape index (κ1) is 17.4. The second-order valence-electron chi connectivity index (χ2n) is 6.62. The van der Waals surface area contributed by atoms with Crippen molar-refractivity contribution in [1.82, 2.24) is 14.7 Å². The molecule has 1 aromatic heterocycles. The van der Waals surface area contributed by atoms with Crippen LogP contribution in [0.5, 0.6) is 0 Å². The molecule has 1 aliphatic heterocycles. The van der Waals surface area contributed by atoms with Crippen LogP contribution in [0.4, 0.5) is 15.0 Å². The lowest BCUT2D eigenvalue weighted by molar-refractivity contribution is 0.107. The van der Waals surface area contributed by atoms with Gasteiger partial charge in [-0.15, -0.1) is 5.10 Å². The Labute approximate surface area is 146 Å². The number of aromatic nitrogens is 2. The van der Waals surface area contributed by atoms with Gasteiger partial charge in [-0.3, -0.25) is 5.32 Å². The number of halogens is 1. The Hall–Kier alpha value is -2.41. The molecule has 0 spiro atoms. The standard InChI is InChI=1S/C18H23FN4O2/c1-12-6-7-14(11-24)10-22(12)18(25)20-17-8-13(2)23(21-17)16-5-3-4-15(19)9-16/h3-5,8-9,12,14,24H,6-7,10-11H2,1-2H3,(H,20,21,25). The van der Waals surface area contributed by atoms with E-state index in [4.69, 9.17) is 0 Å². The van der Waals surface area contributed by atoms with Gasteiger partial charge in [0, 0.05) is 31.0 Å². The molecule has 134 valence electrons. The molecule has 2 unspecified atom stereocenters. The number of piperidine rings is 1. The monoisotopic (exact) mass is 346 g/mol. The molecule has 0 radical (unpaired) electrons. The molecule has 2 N–H and O–H groups in total. The zero-order valence-electron chi connectivity index (χ0n) is 14.4. The summed E-state index contributed by atoms with van der Waals surface area (Å²) in [7, 11) is 0. The smallest absolute Gasteiger partial charge is 0.323 e. The van der Waals surface area contributed by atoms with Gasteiger partial charge < -0.3 is 10.0 Å². The Kier molecular flexibility index (Phi) is 5.03. The van der Waals surface area contributed by atoms with Crippen molar-refractivity contribution < 1.29 is 14.3 Å². The van der Waals surface area contributed by atoms with Crippen molar-refractivity contribution in [3.63, 3.8) is 0 Å². The summed E-state index contributed by atoms with van der Waals surface area (Å²) < 4.78 is 15.0. The lowest BCUT2D eigenvalue weighted by Gasteiger charge is -2.37. The molecule has 0 bridgehead atoms. The van der Waals surface area contributed by atoms with Crippen LogP contribution in [0.15, 0.2) is 30.3 Å². The SMILES string of the molecule is Cc1cc(NC(=O)N2CC(CO)CCC2C)nn1-c1cccc(F)c1. The average molecular weight is 346 g/mol. The molecular weight excluding hydrogens is 323 g/mol. The first-order chi connectivity index (χ1) is 12.0. The summed E-state index contributed by atoms with van der Waals surface area (Å²) >= 11 is 0. The predicted octanol–water partition coefficient (Wildman–Crippen LogP) is 2.94. The van der Waals surface area contributed by atoms with E-state index in [2.05, 4.69) is 10.4 Å². The number of amides is 2. The molecule has 7 heteroatoms. The number of aliphatic hydroxyl groups is 1. The van der Waals surface area contributed by atoms with Crippen molar-refractivity contribution in [3.05, 3.63) is 41.8 Å². The van der Waals surface area contributed by atoms with Crippen LogP contribution in [0.1, 0.15) is 25.5 Å². The van der Waals surface area contributed by atoms with Crippen molar-refractivity contribution >= 4 is 11.8 Å². The first-order valence-corrected chi connectivity index (χ1v) is 8.49. The van der Waals surface area contributed by atoms with Gasteiger partial charge in [-0.05, 0) is 50.8 Å². The average Bonchev–Trinajstić information content (AvgIpc) is 2.95. The Morgan fingerprint density at radius 3 is 2.92 bits per heavy atom. The highest BCUT2D eigenvalue weighted by atomic mass is 19.1. The molecule has 2 aromatic rings. The Balaban J connectivity index is 1.75. The first-order valence-electron chi connectivity index (χ1n) is 8.49. The molecule has 2 atom stereocenters. The molecule has 3 rings (SSSR count). The number of carbonyl (C=O) groups is 1. The number of nitrogens with one attached hydrogen (secondary N) is 1. The molecule has 6 nitrogen and oxygen atoms in total. The number of benzene rings is 1. The maximum atomic E-state index is 13.4. The molecule has 2 heterocycles. The van der Waals surface area contributed by atoms with E-state index < -0.39 is 0 Å². The van der Waals surface area contributed by atoms with Crippen molar-refractivity contribution in [1.29, 1.82) is 0 Å². The zero-order chi connectivity index (χ0) is 18.0. The maximum Gasteiger partial charge on any atom is 0.323 e. The summed E-state index contributed by atoms with van der Waals surface area (Å²) in [6.45, 7) is 4.47. The van der Waals surface area contributed by atoms with Gasteiger partial charge in [0.15, 0.2) is 5.82 Å². The fourth-order valence-electron chi connectivity index (χ4n) is 3.20. The number of rotatable bonds is 3. The van der Waals surface area contributed by atoms with Crippen LogP contribution >= 0.6 is 0 Å². The van der Waals surface area contributed by atoms with Crippen LogP contribution in [-0.2, 0) is 0 Å². The minimum absolute atomic E-state index is 0.0871. The van der Waals surface area contributed by atoms with Crippen molar-refractivity contribution in [2.75, 3.05) is 18.5 Å². The van der Waals surface area contributed by atoms with E-state index in [0.29, 0.717) is 18.1 Å². The van der Waals surface area contributed by atoms with Crippen LogP contribution in [-0.4, -0.2) is 45.0 Å². The quantitative estimate of drug-likeness (QED) is 0.898. The summed E-state index contributed by atoms with van der Waals surface area (Å²) in [4.78, 5) is 14.3. The second-order valence-corrected chi connectivity index (χ2v) is 6.62. The zero-order valence-corrected chi connectivity index (χ0v) is 14.4. The highest BCUT2D eigenvalue weighted by Gasteiger charge is 2.29. The lowest BCUT2D eigenvalue weighted by atomic mass is 9.94. The van der Waals surface area contributed by atoms with Gasteiger partial charge in [-0.1, -0.05) is 6.07 Å². The molecule has 0 aliphatic carbocycles. The van der Waals surface area contributed by atoms with Crippen LogP contribution in [0.3, 0.4) is 0 Å². The van der Waals surface area contributed by atoms with Crippen molar-refractivity contribution in [2.24, 2.45) is 5.92 Å². The third-order valence-corrected chi connectivity index (χ3v) is 4.67.